The molecule has 0 saturated carbocycles. The molecular formula is C17H17NO5. The number of allylic oxidation sites excluding steroid dienone is 2. The van der Waals surface area contributed by atoms with E-state index in [-0.39, 0.29) is 17.0 Å². The van der Waals surface area contributed by atoms with E-state index in [0.717, 1.165) is 0 Å². The van der Waals surface area contributed by atoms with Crippen molar-refractivity contribution in [2.45, 2.75) is 12.8 Å². The number of para-hydroxylation sites is 1. The summed E-state index contributed by atoms with van der Waals surface area (Å²) in [5.74, 6) is -3.24. The van der Waals surface area contributed by atoms with Crippen LogP contribution < -0.4 is 0 Å². The lowest BCUT2D eigenvalue weighted by molar-refractivity contribution is -0.154. The van der Waals surface area contributed by atoms with Crippen LogP contribution in [-0.4, -0.2) is 36.9 Å². The van der Waals surface area contributed by atoms with Gasteiger partial charge in [0.15, 0.2) is 11.7 Å². The van der Waals surface area contributed by atoms with E-state index < -0.39 is 17.9 Å². The molecule has 0 unspecified atom stereocenters. The summed E-state index contributed by atoms with van der Waals surface area (Å²) in [6.07, 6.45) is 2.98. The molecule has 2 rings (SSSR count). The van der Waals surface area contributed by atoms with Gasteiger partial charge in [0, 0.05) is 10.9 Å². The van der Waals surface area contributed by atoms with Crippen LogP contribution >= 0.6 is 0 Å². The number of fused-ring (bicyclic) bond motifs is 1. The highest BCUT2D eigenvalue weighted by Crippen LogP contribution is 2.30. The molecule has 0 aliphatic carbocycles. The summed E-state index contributed by atoms with van der Waals surface area (Å²) in [6.45, 7) is 1.71. The molecule has 0 aliphatic heterocycles. The van der Waals surface area contributed by atoms with Crippen molar-refractivity contribution in [2.75, 3.05) is 14.2 Å². The van der Waals surface area contributed by atoms with Gasteiger partial charge in [-0.05, 0) is 19.1 Å². The van der Waals surface area contributed by atoms with E-state index in [1.807, 2.05) is 0 Å². The van der Waals surface area contributed by atoms with Gasteiger partial charge in [0.25, 0.3) is 0 Å². The van der Waals surface area contributed by atoms with Gasteiger partial charge in [-0.25, -0.2) is 0 Å². The number of hydrogen-bond donors (Lipinski definition) is 1. The van der Waals surface area contributed by atoms with Gasteiger partial charge in [0.2, 0.25) is 0 Å². The van der Waals surface area contributed by atoms with Crippen LogP contribution in [0.2, 0.25) is 0 Å². The molecule has 1 heterocycles. The Morgan fingerprint density at radius 3 is 2.26 bits per heavy atom. The molecule has 0 saturated heterocycles. The number of carbonyl (C=O) groups is 3. The van der Waals surface area contributed by atoms with Gasteiger partial charge in [-0.1, -0.05) is 24.3 Å². The first-order chi connectivity index (χ1) is 11.0. The average molecular weight is 315 g/mol. The zero-order chi connectivity index (χ0) is 17.0. The second kappa shape index (κ2) is 6.91. The van der Waals surface area contributed by atoms with Gasteiger partial charge in [-0.15, -0.1) is 0 Å². The summed E-state index contributed by atoms with van der Waals surface area (Å²) in [7, 11) is 2.35. The molecule has 1 aromatic carbocycles. The molecule has 0 bridgehead atoms. The maximum atomic E-state index is 12.5. The molecule has 0 spiro atoms. The number of esters is 2. The van der Waals surface area contributed by atoms with Gasteiger partial charge >= 0.3 is 11.9 Å². The van der Waals surface area contributed by atoms with E-state index in [4.69, 9.17) is 9.47 Å². The Kier molecular flexibility index (Phi) is 4.95. The van der Waals surface area contributed by atoms with Gasteiger partial charge in [0.05, 0.1) is 25.5 Å². The van der Waals surface area contributed by atoms with Gasteiger partial charge in [-0.2, -0.15) is 0 Å². The Morgan fingerprint density at radius 2 is 1.70 bits per heavy atom. The summed E-state index contributed by atoms with van der Waals surface area (Å²) in [4.78, 5) is 39.5. The van der Waals surface area contributed by atoms with E-state index in [1.165, 1.54) is 20.3 Å². The third-order valence-corrected chi connectivity index (χ3v) is 3.46. The van der Waals surface area contributed by atoms with Crippen molar-refractivity contribution in [1.29, 1.82) is 0 Å². The van der Waals surface area contributed by atoms with Crippen LogP contribution in [0, 0.1) is 0 Å². The minimum atomic E-state index is -1.35. The Morgan fingerprint density at radius 1 is 1.09 bits per heavy atom. The second-order valence-corrected chi connectivity index (χ2v) is 4.80. The van der Waals surface area contributed by atoms with Crippen LogP contribution in [0.15, 0.2) is 36.4 Å². The van der Waals surface area contributed by atoms with Gasteiger partial charge in [-0.3, -0.25) is 14.4 Å². The molecular weight excluding hydrogens is 298 g/mol. The molecule has 0 aliphatic rings. The summed E-state index contributed by atoms with van der Waals surface area (Å²) in [5, 5.41) is 0.628. The zero-order valence-corrected chi connectivity index (χ0v) is 13.1. The van der Waals surface area contributed by atoms with Crippen molar-refractivity contribution >= 4 is 28.6 Å². The summed E-state index contributed by atoms with van der Waals surface area (Å²) < 4.78 is 9.38. The topological polar surface area (TPSA) is 85.5 Å². The van der Waals surface area contributed by atoms with E-state index in [1.54, 1.807) is 37.3 Å². The lowest BCUT2D eigenvalue weighted by atomic mass is 9.97. The molecule has 6 nitrogen and oxygen atoms in total. The quantitative estimate of drug-likeness (QED) is 0.396. The second-order valence-electron chi connectivity index (χ2n) is 4.80. The number of ketones is 1. The lowest BCUT2D eigenvalue weighted by Crippen LogP contribution is -2.26. The normalized spacial score (nSPS) is 11.1. The van der Waals surface area contributed by atoms with E-state index in [9.17, 15) is 14.4 Å². The summed E-state index contributed by atoms with van der Waals surface area (Å²) >= 11 is 0. The average Bonchev–Trinajstić information content (AvgIpc) is 2.93. The van der Waals surface area contributed by atoms with E-state index >= 15 is 0 Å². The van der Waals surface area contributed by atoms with Gasteiger partial charge in [0.1, 0.15) is 0 Å². The highest BCUT2D eigenvalue weighted by atomic mass is 16.5. The van der Waals surface area contributed by atoms with Crippen molar-refractivity contribution in [2.24, 2.45) is 0 Å². The molecule has 120 valence electrons. The van der Waals surface area contributed by atoms with E-state index in [0.29, 0.717) is 10.9 Å². The first kappa shape index (κ1) is 16.5. The molecule has 0 radical (unpaired) electrons. The largest absolute Gasteiger partial charge is 0.468 e. The van der Waals surface area contributed by atoms with Crippen molar-refractivity contribution in [3.05, 3.63) is 47.7 Å². The maximum Gasteiger partial charge on any atom is 0.326 e. The third-order valence-electron chi connectivity index (χ3n) is 3.46. The van der Waals surface area contributed by atoms with E-state index in [2.05, 4.69) is 4.98 Å². The molecule has 1 aromatic heterocycles. The molecule has 0 atom stereocenters. The smallest absolute Gasteiger partial charge is 0.326 e. The van der Waals surface area contributed by atoms with Crippen molar-refractivity contribution in [1.82, 2.24) is 4.98 Å². The van der Waals surface area contributed by atoms with Crippen LogP contribution in [-0.2, 0) is 19.1 Å². The highest BCUT2D eigenvalue weighted by molar-refractivity contribution is 6.16. The fourth-order valence-electron chi connectivity index (χ4n) is 2.45. The molecule has 23 heavy (non-hydrogen) atoms. The SMILES string of the molecule is C/C=C/C(=O)c1c(C(C(=O)OC)C(=O)OC)[nH]c2ccccc12. The molecule has 0 fully saturated rings. The fourth-order valence-corrected chi connectivity index (χ4v) is 2.45. The Bertz CT molecular complexity index is 771. The standard InChI is InChI=1S/C17H17NO5/c1-4-7-12(19)13-10-8-5-6-9-11(10)18-15(13)14(16(20)22-2)17(21)23-3/h4-9,14,18H,1-3H3/b7-4+. The molecule has 6 heteroatoms. The predicted octanol–water partition coefficient (Wildman–Crippen LogP) is 2.36. The predicted molar refractivity (Wildman–Crippen MR) is 84.2 cm³/mol. The van der Waals surface area contributed by atoms with Crippen LogP contribution in [0.3, 0.4) is 0 Å². The first-order valence-corrected chi connectivity index (χ1v) is 6.98. The number of nitrogens with one attached hydrogen (secondary N) is 1. The lowest BCUT2D eigenvalue weighted by Gasteiger charge is -2.12. The number of aromatic nitrogens is 1. The van der Waals surface area contributed by atoms with Crippen LogP contribution in [0.1, 0.15) is 28.9 Å². The number of methoxy groups -OCH3 is 2. The number of aromatic amines is 1. The monoisotopic (exact) mass is 315 g/mol. The minimum absolute atomic E-state index is 0.174. The van der Waals surface area contributed by atoms with Crippen molar-refractivity contribution in [3.63, 3.8) is 0 Å². The number of rotatable bonds is 5. The summed E-state index contributed by atoms with van der Waals surface area (Å²) in [5.41, 5.74) is 1.08. The van der Waals surface area contributed by atoms with Crippen molar-refractivity contribution < 1.29 is 23.9 Å². The Labute approximate surface area is 133 Å². The Hall–Kier alpha value is -2.89. The minimum Gasteiger partial charge on any atom is -0.468 e. The Balaban J connectivity index is 2.75. The van der Waals surface area contributed by atoms with Crippen LogP contribution in [0.5, 0.6) is 0 Å². The number of carbonyl (C=O) groups excluding carboxylic acids is 3. The number of hydrogen-bond acceptors (Lipinski definition) is 5. The van der Waals surface area contributed by atoms with Crippen LogP contribution in [0.4, 0.5) is 0 Å². The maximum absolute atomic E-state index is 12.5. The van der Waals surface area contributed by atoms with Crippen molar-refractivity contribution in [3.8, 4) is 0 Å². The first-order valence-electron chi connectivity index (χ1n) is 6.98. The van der Waals surface area contributed by atoms with Gasteiger partial charge < -0.3 is 14.5 Å². The number of H-pyrrole nitrogens is 1. The summed E-state index contributed by atoms with van der Waals surface area (Å²) in [6, 6.07) is 7.07. The molecule has 0 amide bonds. The van der Waals surface area contributed by atoms with Crippen LogP contribution in [0.25, 0.3) is 10.9 Å². The molecule has 2 aromatic rings. The number of benzene rings is 1. The number of ether oxygens (including phenoxy) is 2. The molecule has 1 N–H and O–H groups in total. The highest BCUT2D eigenvalue weighted by Gasteiger charge is 2.36. The third kappa shape index (κ3) is 3.01. The fraction of sp³-hybridized carbons (Fsp3) is 0.235. The zero-order valence-electron chi connectivity index (χ0n) is 13.1.